The number of carbonyl (C=O) groups excluding carboxylic acids is 2. The molecule has 1 aromatic rings. The first-order valence-corrected chi connectivity index (χ1v) is 9.95. The fraction of sp³-hybridized carbons (Fsp3) is 0.619. The third-order valence-electron chi connectivity index (χ3n) is 5.80. The minimum absolute atomic E-state index is 0.0314. The van der Waals surface area contributed by atoms with Gasteiger partial charge in [-0.05, 0) is 50.8 Å². The SMILES string of the molecule is COc1cc(C(=O)N2CCN(CC(=O)N3CCCC[C@H]3C)CC2)ccc1C. The molecular formula is C21H31N3O3. The summed E-state index contributed by atoms with van der Waals surface area (Å²) < 4.78 is 5.33. The quantitative estimate of drug-likeness (QED) is 0.812. The summed E-state index contributed by atoms with van der Waals surface area (Å²) in [5, 5.41) is 0. The van der Waals surface area contributed by atoms with Crippen molar-refractivity contribution in [3.63, 3.8) is 0 Å². The van der Waals surface area contributed by atoms with Crippen LogP contribution in [0.5, 0.6) is 5.75 Å². The molecule has 2 heterocycles. The average Bonchev–Trinajstić information content (AvgIpc) is 2.68. The summed E-state index contributed by atoms with van der Waals surface area (Å²) in [6.07, 6.45) is 3.43. The number of hydrogen-bond acceptors (Lipinski definition) is 4. The third kappa shape index (κ3) is 4.61. The minimum Gasteiger partial charge on any atom is -0.496 e. The number of ether oxygens (including phenoxy) is 1. The van der Waals surface area contributed by atoms with Gasteiger partial charge < -0.3 is 14.5 Å². The maximum absolute atomic E-state index is 12.8. The van der Waals surface area contributed by atoms with E-state index in [4.69, 9.17) is 4.74 Å². The molecule has 0 N–H and O–H groups in total. The van der Waals surface area contributed by atoms with Gasteiger partial charge in [0.25, 0.3) is 5.91 Å². The van der Waals surface area contributed by atoms with Gasteiger partial charge in [0.15, 0.2) is 0 Å². The van der Waals surface area contributed by atoms with Crippen molar-refractivity contribution in [2.45, 2.75) is 39.2 Å². The second-order valence-corrected chi connectivity index (χ2v) is 7.68. The molecule has 2 fully saturated rings. The van der Waals surface area contributed by atoms with Crippen molar-refractivity contribution in [1.29, 1.82) is 0 Å². The first kappa shape index (κ1) is 19.7. The standard InChI is InChI=1S/C21H31N3O3/c1-16-7-8-18(14-19(16)27-3)21(26)23-12-10-22(11-13-23)15-20(25)24-9-5-4-6-17(24)2/h7-8,14,17H,4-6,9-13,15H2,1-3H3/t17-/m1/s1. The molecule has 6 nitrogen and oxygen atoms in total. The van der Waals surface area contributed by atoms with E-state index in [9.17, 15) is 9.59 Å². The number of likely N-dealkylation sites (tertiary alicyclic amines) is 1. The van der Waals surface area contributed by atoms with Crippen LogP contribution in [0.1, 0.15) is 42.1 Å². The Kier molecular flexibility index (Phi) is 6.37. The molecule has 6 heteroatoms. The molecule has 1 atom stereocenters. The van der Waals surface area contributed by atoms with Gasteiger partial charge in [-0.3, -0.25) is 14.5 Å². The smallest absolute Gasteiger partial charge is 0.254 e. The van der Waals surface area contributed by atoms with E-state index in [1.54, 1.807) is 7.11 Å². The summed E-state index contributed by atoms with van der Waals surface area (Å²) in [6, 6.07) is 5.94. The van der Waals surface area contributed by atoms with Crippen LogP contribution in [-0.4, -0.2) is 78.9 Å². The molecule has 2 saturated heterocycles. The summed E-state index contributed by atoms with van der Waals surface area (Å²) in [7, 11) is 1.62. The van der Waals surface area contributed by atoms with Gasteiger partial charge in [-0.2, -0.15) is 0 Å². The molecule has 2 aliphatic rings. The van der Waals surface area contributed by atoms with Crippen molar-refractivity contribution in [3.05, 3.63) is 29.3 Å². The predicted molar refractivity (Wildman–Crippen MR) is 105 cm³/mol. The number of nitrogens with zero attached hydrogens (tertiary/aromatic N) is 3. The number of piperidine rings is 1. The fourth-order valence-electron chi connectivity index (χ4n) is 4.00. The Labute approximate surface area is 162 Å². The van der Waals surface area contributed by atoms with Gasteiger partial charge in [-0.1, -0.05) is 6.07 Å². The number of amides is 2. The molecule has 1 aromatic carbocycles. The highest BCUT2D eigenvalue weighted by atomic mass is 16.5. The molecule has 0 saturated carbocycles. The normalized spacial score (nSPS) is 21.2. The second-order valence-electron chi connectivity index (χ2n) is 7.68. The average molecular weight is 373 g/mol. The highest BCUT2D eigenvalue weighted by Gasteiger charge is 2.27. The van der Waals surface area contributed by atoms with Crippen LogP contribution in [0, 0.1) is 6.92 Å². The van der Waals surface area contributed by atoms with Gasteiger partial charge in [0.05, 0.1) is 13.7 Å². The molecular weight excluding hydrogens is 342 g/mol. The van der Waals surface area contributed by atoms with Crippen LogP contribution in [0.4, 0.5) is 0 Å². The van der Waals surface area contributed by atoms with Crippen LogP contribution in [0.2, 0.25) is 0 Å². The first-order valence-electron chi connectivity index (χ1n) is 9.95. The maximum atomic E-state index is 12.8. The van der Waals surface area contributed by atoms with E-state index in [-0.39, 0.29) is 11.8 Å². The molecule has 0 spiro atoms. The number of aryl methyl sites for hydroxylation is 1. The molecule has 0 aromatic heterocycles. The van der Waals surface area contributed by atoms with Crippen molar-refractivity contribution >= 4 is 11.8 Å². The van der Waals surface area contributed by atoms with Crippen molar-refractivity contribution < 1.29 is 14.3 Å². The molecule has 148 valence electrons. The number of hydrogen-bond donors (Lipinski definition) is 0. The van der Waals surface area contributed by atoms with Gasteiger partial charge in [-0.15, -0.1) is 0 Å². The lowest BCUT2D eigenvalue weighted by atomic mass is 10.0. The molecule has 2 amide bonds. The Balaban J connectivity index is 1.52. The minimum atomic E-state index is 0.0314. The van der Waals surface area contributed by atoms with Crippen LogP contribution in [0.15, 0.2) is 18.2 Å². The number of carbonyl (C=O) groups is 2. The molecule has 27 heavy (non-hydrogen) atoms. The summed E-state index contributed by atoms with van der Waals surface area (Å²) in [5.74, 6) is 0.995. The van der Waals surface area contributed by atoms with Gasteiger partial charge in [-0.25, -0.2) is 0 Å². The lowest BCUT2D eigenvalue weighted by Crippen LogP contribution is -2.53. The third-order valence-corrected chi connectivity index (χ3v) is 5.80. The van der Waals surface area contributed by atoms with Crippen LogP contribution in [0.25, 0.3) is 0 Å². The van der Waals surface area contributed by atoms with Crippen LogP contribution in [-0.2, 0) is 4.79 Å². The monoisotopic (exact) mass is 373 g/mol. The molecule has 0 aliphatic carbocycles. The van der Waals surface area contributed by atoms with E-state index in [1.807, 2.05) is 34.9 Å². The van der Waals surface area contributed by atoms with E-state index in [0.29, 0.717) is 31.2 Å². The van der Waals surface area contributed by atoms with Crippen LogP contribution >= 0.6 is 0 Å². The van der Waals surface area contributed by atoms with E-state index in [2.05, 4.69) is 11.8 Å². The Morgan fingerprint density at radius 2 is 1.85 bits per heavy atom. The largest absolute Gasteiger partial charge is 0.496 e. The van der Waals surface area contributed by atoms with Gasteiger partial charge >= 0.3 is 0 Å². The number of benzene rings is 1. The van der Waals surface area contributed by atoms with E-state index in [1.165, 1.54) is 6.42 Å². The summed E-state index contributed by atoms with van der Waals surface area (Å²) in [5.41, 5.74) is 1.67. The zero-order valence-corrected chi connectivity index (χ0v) is 16.7. The van der Waals surface area contributed by atoms with Crippen LogP contribution in [0.3, 0.4) is 0 Å². The molecule has 0 bridgehead atoms. The van der Waals surface area contributed by atoms with E-state index < -0.39 is 0 Å². The Hall–Kier alpha value is -2.08. The van der Waals surface area contributed by atoms with Gasteiger partial charge in [0.2, 0.25) is 5.91 Å². The van der Waals surface area contributed by atoms with Gasteiger partial charge in [0.1, 0.15) is 5.75 Å². The number of piperazine rings is 1. The van der Waals surface area contributed by atoms with E-state index >= 15 is 0 Å². The Bertz CT molecular complexity index is 683. The topological polar surface area (TPSA) is 53.1 Å². The second kappa shape index (κ2) is 8.74. The predicted octanol–water partition coefficient (Wildman–Crippen LogP) is 2.16. The highest BCUT2D eigenvalue weighted by Crippen LogP contribution is 2.21. The molecule has 0 unspecified atom stereocenters. The Morgan fingerprint density at radius 3 is 2.52 bits per heavy atom. The van der Waals surface area contributed by atoms with Crippen LogP contribution < -0.4 is 4.74 Å². The number of rotatable bonds is 4. The molecule has 0 radical (unpaired) electrons. The summed E-state index contributed by atoms with van der Waals surface area (Å²) >= 11 is 0. The maximum Gasteiger partial charge on any atom is 0.254 e. The van der Waals surface area contributed by atoms with Crippen molar-refractivity contribution in [2.75, 3.05) is 46.4 Å². The zero-order chi connectivity index (χ0) is 19.4. The van der Waals surface area contributed by atoms with Crippen molar-refractivity contribution in [3.8, 4) is 5.75 Å². The van der Waals surface area contributed by atoms with Crippen molar-refractivity contribution in [1.82, 2.24) is 14.7 Å². The molecule has 2 aliphatic heterocycles. The highest BCUT2D eigenvalue weighted by molar-refractivity contribution is 5.94. The van der Waals surface area contributed by atoms with E-state index in [0.717, 1.165) is 43.8 Å². The lowest BCUT2D eigenvalue weighted by Gasteiger charge is -2.38. The lowest BCUT2D eigenvalue weighted by molar-refractivity contribution is -0.136. The van der Waals surface area contributed by atoms with Gasteiger partial charge in [0, 0.05) is 44.3 Å². The molecule has 3 rings (SSSR count). The van der Waals surface area contributed by atoms with Crippen molar-refractivity contribution in [2.24, 2.45) is 0 Å². The summed E-state index contributed by atoms with van der Waals surface area (Å²) in [6.45, 7) is 8.23. The Morgan fingerprint density at radius 1 is 1.11 bits per heavy atom. The summed E-state index contributed by atoms with van der Waals surface area (Å²) in [4.78, 5) is 31.4. The zero-order valence-electron chi connectivity index (χ0n) is 16.7. The first-order chi connectivity index (χ1) is 13.0. The number of methoxy groups -OCH3 is 1. The fourth-order valence-corrected chi connectivity index (χ4v) is 4.00.